The lowest BCUT2D eigenvalue weighted by molar-refractivity contribution is 0.0695. The van der Waals surface area contributed by atoms with Crippen molar-refractivity contribution in [3.63, 3.8) is 0 Å². The molecular weight excluding hydrogens is 532 g/mol. The summed E-state index contributed by atoms with van der Waals surface area (Å²) >= 11 is 0. The number of nitrogens with zero attached hydrogens (tertiary/aromatic N) is 5. The van der Waals surface area contributed by atoms with Crippen LogP contribution in [0.2, 0.25) is 0 Å². The van der Waals surface area contributed by atoms with E-state index in [9.17, 15) is 19.1 Å². The van der Waals surface area contributed by atoms with E-state index in [-0.39, 0.29) is 16.3 Å². The summed E-state index contributed by atoms with van der Waals surface area (Å²) in [5.74, 6) is -2.45. The number of pyridine rings is 3. The normalized spacial score (nSPS) is 19.1. The van der Waals surface area contributed by atoms with Crippen molar-refractivity contribution < 1.29 is 18.7 Å². The summed E-state index contributed by atoms with van der Waals surface area (Å²) in [7, 11) is 5.37. The van der Waals surface area contributed by atoms with Gasteiger partial charge in [0.05, 0.1) is 33.1 Å². The lowest BCUT2D eigenvalue weighted by Gasteiger charge is -2.25. The van der Waals surface area contributed by atoms with Crippen molar-refractivity contribution >= 4 is 50.3 Å². The summed E-state index contributed by atoms with van der Waals surface area (Å²) < 4.78 is 32.0. The fraction of sp³-hybridized carbons (Fsp3) is 0.310. The molecule has 1 aromatic carbocycles. The van der Waals surface area contributed by atoms with Gasteiger partial charge in [-0.15, -0.1) is 0 Å². The largest absolute Gasteiger partial charge is 0.477 e. The molecule has 2 aliphatic heterocycles. The number of H-pyrrole nitrogens is 1. The molecule has 12 heteroatoms. The molecule has 0 amide bonds. The van der Waals surface area contributed by atoms with Crippen molar-refractivity contribution in [2.75, 3.05) is 50.5 Å². The number of likely N-dealkylation sites (tertiary alicyclic amines) is 1. The second-order valence-corrected chi connectivity index (χ2v) is 11.1. The van der Waals surface area contributed by atoms with Gasteiger partial charge in [0.25, 0.3) is 0 Å². The highest BCUT2D eigenvalue weighted by Crippen LogP contribution is 2.46. The predicted molar refractivity (Wildman–Crippen MR) is 153 cm³/mol. The number of aromatic amines is 1. The summed E-state index contributed by atoms with van der Waals surface area (Å²) in [5.41, 5.74) is 2.34. The second kappa shape index (κ2) is 8.96. The standard InChI is InChI=1S/C29H27F2N7O3/c1-32-20-5-19(30)23(31)21-22-25(38-10-14-8-36(2)9-15(14)11-38)17(7-33-27(22)35-24(20)21)13-4-16-26(39)18(29(40)41)12-37(3)28(16)34-6-13/h4-7,12,14-15,32H,8-11H2,1-3H3,(H,33,35)(H,40,41)/t14-,15?/m1/s1. The number of hydrogen-bond donors (Lipinski definition) is 3. The third-order valence-corrected chi connectivity index (χ3v) is 8.57. The van der Waals surface area contributed by atoms with Crippen LogP contribution in [0.25, 0.3) is 44.1 Å². The Hall–Kier alpha value is -4.58. The molecule has 4 aromatic heterocycles. The Bertz CT molecular complexity index is 1970. The minimum absolute atomic E-state index is 0.0979. The zero-order chi connectivity index (χ0) is 28.7. The molecule has 7 rings (SSSR count). The van der Waals surface area contributed by atoms with E-state index in [4.69, 9.17) is 0 Å². The van der Waals surface area contributed by atoms with Gasteiger partial charge in [-0.25, -0.2) is 23.5 Å². The average Bonchev–Trinajstić information content (AvgIpc) is 3.62. The lowest BCUT2D eigenvalue weighted by Crippen LogP contribution is -2.27. The molecule has 0 aliphatic carbocycles. The Morgan fingerprint density at radius 2 is 1.80 bits per heavy atom. The van der Waals surface area contributed by atoms with Crippen LogP contribution in [-0.2, 0) is 7.05 Å². The van der Waals surface area contributed by atoms with E-state index in [1.165, 1.54) is 10.8 Å². The maximum absolute atomic E-state index is 15.6. The van der Waals surface area contributed by atoms with Crippen LogP contribution in [0, 0.1) is 23.5 Å². The van der Waals surface area contributed by atoms with E-state index in [1.54, 1.807) is 32.6 Å². The first-order valence-corrected chi connectivity index (χ1v) is 13.3. The summed E-state index contributed by atoms with van der Waals surface area (Å²) in [4.78, 5) is 41.7. The molecule has 0 spiro atoms. The Balaban J connectivity index is 1.54. The van der Waals surface area contributed by atoms with Crippen molar-refractivity contribution in [1.29, 1.82) is 0 Å². The number of hydrogen-bond acceptors (Lipinski definition) is 7. The number of halogens is 2. The number of aromatic nitrogens is 4. The third-order valence-electron chi connectivity index (χ3n) is 8.57. The highest BCUT2D eigenvalue weighted by molar-refractivity contribution is 6.18. The van der Waals surface area contributed by atoms with Crippen LogP contribution in [0.5, 0.6) is 0 Å². The molecule has 5 aromatic rings. The average molecular weight is 560 g/mol. The summed E-state index contributed by atoms with van der Waals surface area (Å²) in [6.07, 6.45) is 4.50. The second-order valence-electron chi connectivity index (χ2n) is 11.1. The number of nitrogens with one attached hydrogen (secondary N) is 2. The third kappa shape index (κ3) is 3.70. The van der Waals surface area contributed by atoms with E-state index in [2.05, 4.69) is 37.1 Å². The molecule has 3 N–H and O–H groups in total. The lowest BCUT2D eigenvalue weighted by atomic mass is 10.0. The number of carbonyl (C=O) groups is 1. The first-order valence-electron chi connectivity index (χ1n) is 13.3. The minimum Gasteiger partial charge on any atom is -0.477 e. The van der Waals surface area contributed by atoms with Gasteiger partial charge in [-0.05, 0) is 24.9 Å². The molecule has 0 saturated carbocycles. The number of anilines is 2. The van der Waals surface area contributed by atoms with Gasteiger partial charge in [-0.3, -0.25) is 4.79 Å². The molecule has 0 bridgehead atoms. The van der Waals surface area contributed by atoms with E-state index >= 15 is 4.39 Å². The number of rotatable bonds is 4. The van der Waals surface area contributed by atoms with Gasteiger partial charge < -0.3 is 29.8 Å². The van der Waals surface area contributed by atoms with E-state index < -0.39 is 23.0 Å². The van der Waals surface area contributed by atoms with Crippen LogP contribution in [0.1, 0.15) is 10.4 Å². The fourth-order valence-corrected chi connectivity index (χ4v) is 6.75. The number of aromatic carboxylic acids is 1. The Morgan fingerprint density at radius 3 is 2.49 bits per heavy atom. The maximum atomic E-state index is 15.6. The van der Waals surface area contributed by atoms with Crippen molar-refractivity contribution in [1.82, 2.24) is 24.4 Å². The fourth-order valence-electron chi connectivity index (χ4n) is 6.75. The molecule has 0 radical (unpaired) electrons. The van der Waals surface area contributed by atoms with Crippen molar-refractivity contribution in [2.24, 2.45) is 18.9 Å². The highest BCUT2D eigenvalue weighted by Gasteiger charge is 2.40. The molecular formula is C29H27F2N7O3. The monoisotopic (exact) mass is 559 g/mol. The number of carboxylic acids is 1. The number of benzene rings is 1. The molecule has 210 valence electrons. The van der Waals surface area contributed by atoms with Crippen LogP contribution in [0.15, 0.2) is 35.5 Å². The Morgan fingerprint density at radius 1 is 1.07 bits per heavy atom. The van der Waals surface area contributed by atoms with Crippen molar-refractivity contribution in [3.8, 4) is 11.1 Å². The minimum atomic E-state index is -1.33. The van der Waals surface area contributed by atoms with Crippen LogP contribution in [-0.4, -0.2) is 75.8 Å². The highest BCUT2D eigenvalue weighted by atomic mass is 19.2. The predicted octanol–water partition coefficient (Wildman–Crippen LogP) is 3.65. The van der Waals surface area contributed by atoms with Crippen LogP contribution < -0.4 is 15.6 Å². The van der Waals surface area contributed by atoms with E-state index in [0.717, 1.165) is 32.2 Å². The zero-order valence-electron chi connectivity index (χ0n) is 22.6. The number of fused-ring (bicyclic) bond motifs is 5. The SMILES string of the molecule is CNc1cc(F)c(F)c2c1[nH]c1ncc(-c3cnc4c(c3)c(=O)c(C(=O)O)cn4C)c(N3CC4CN(C)C[C@@H]4C3)c12. The van der Waals surface area contributed by atoms with E-state index in [0.29, 0.717) is 56.5 Å². The molecule has 1 unspecified atom stereocenters. The molecule has 2 aliphatic rings. The Kier molecular flexibility index (Phi) is 5.55. The molecule has 2 saturated heterocycles. The van der Waals surface area contributed by atoms with Crippen molar-refractivity contribution in [2.45, 2.75) is 0 Å². The van der Waals surface area contributed by atoms with Crippen LogP contribution in [0.4, 0.5) is 20.2 Å². The summed E-state index contributed by atoms with van der Waals surface area (Å²) in [5, 5.41) is 13.2. The topological polar surface area (TPSA) is 119 Å². The van der Waals surface area contributed by atoms with Gasteiger partial charge >= 0.3 is 5.97 Å². The first-order chi connectivity index (χ1) is 19.7. The Labute approximate surface area is 232 Å². The molecule has 10 nitrogen and oxygen atoms in total. The molecule has 41 heavy (non-hydrogen) atoms. The summed E-state index contributed by atoms with van der Waals surface area (Å²) in [6.45, 7) is 3.32. The molecule has 6 heterocycles. The molecule has 2 atom stereocenters. The zero-order valence-corrected chi connectivity index (χ0v) is 22.6. The first kappa shape index (κ1) is 25.4. The van der Waals surface area contributed by atoms with Gasteiger partial charge in [-0.2, -0.15) is 0 Å². The quantitative estimate of drug-likeness (QED) is 0.305. The smallest absolute Gasteiger partial charge is 0.341 e. The van der Waals surface area contributed by atoms with Crippen LogP contribution in [0.3, 0.4) is 0 Å². The number of carboxylic acid groups (broad SMARTS) is 1. The van der Waals surface area contributed by atoms with Crippen molar-refractivity contribution in [3.05, 3.63) is 58.1 Å². The molecule has 2 fully saturated rings. The number of aryl methyl sites for hydroxylation is 1. The van der Waals surface area contributed by atoms with Gasteiger partial charge in [0.2, 0.25) is 5.43 Å². The van der Waals surface area contributed by atoms with E-state index in [1.807, 2.05) is 0 Å². The maximum Gasteiger partial charge on any atom is 0.341 e. The van der Waals surface area contributed by atoms with Gasteiger partial charge in [-0.1, -0.05) is 0 Å². The van der Waals surface area contributed by atoms with Crippen LogP contribution >= 0.6 is 0 Å². The van der Waals surface area contributed by atoms with Gasteiger partial charge in [0.15, 0.2) is 11.6 Å². The summed E-state index contributed by atoms with van der Waals surface area (Å²) in [6, 6.07) is 2.73. The van der Waals surface area contributed by atoms with Gasteiger partial charge in [0.1, 0.15) is 16.9 Å². The van der Waals surface area contributed by atoms with Gasteiger partial charge in [0, 0.05) is 76.1 Å².